The van der Waals surface area contributed by atoms with Crippen LogP contribution in [0.5, 0.6) is 0 Å². The van der Waals surface area contributed by atoms with E-state index < -0.39 is 0 Å². The van der Waals surface area contributed by atoms with E-state index in [1.54, 1.807) is 0 Å². The van der Waals surface area contributed by atoms with Crippen molar-refractivity contribution < 1.29 is 5.11 Å². The summed E-state index contributed by atoms with van der Waals surface area (Å²) >= 11 is 1.50. The molecule has 0 spiro atoms. The molecule has 0 bridgehead atoms. The van der Waals surface area contributed by atoms with E-state index in [1.165, 1.54) is 11.8 Å². The van der Waals surface area contributed by atoms with Crippen LogP contribution in [-0.2, 0) is 0 Å². The van der Waals surface area contributed by atoms with E-state index in [4.69, 9.17) is 5.73 Å². The van der Waals surface area contributed by atoms with E-state index in [9.17, 15) is 5.11 Å². The zero-order valence-corrected chi connectivity index (χ0v) is 7.92. The number of thioether (sulfide) groups is 1. The van der Waals surface area contributed by atoms with E-state index in [1.807, 2.05) is 0 Å². The first-order valence-electron chi connectivity index (χ1n) is 4.28. The molecule has 4 N–H and O–H groups in total. The SMILES string of the molecule is Nc1nc(S[C@@H]2CCCC2O)n[nH]1. The predicted molar refractivity (Wildman–Crippen MR) is 50.3 cm³/mol. The van der Waals surface area contributed by atoms with Gasteiger partial charge in [0.25, 0.3) is 0 Å². The molecule has 1 aromatic rings. The lowest BCUT2D eigenvalue weighted by molar-refractivity contribution is 0.188. The van der Waals surface area contributed by atoms with Gasteiger partial charge in [-0.05, 0) is 19.3 Å². The van der Waals surface area contributed by atoms with Crippen LogP contribution in [0.2, 0.25) is 0 Å². The maximum atomic E-state index is 9.54. The molecule has 6 heteroatoms. The number of hydrogen-bond acceptors (Lipinski definition) is 5. The largest absolute Gasteiger partial charge is 0.392 e. The minimum Gasteiger partial charge on any atom is -0.392 e. The molecule has 0 amide bonds. The Labute approximate surface area is 80.1 Å². The number of nitrogens with two attached hydrogens (primary N) is 1. The fourth-order valence-electron chi connectivity index (χ4n) is 1.49. The number of nitrogens with one attached hydrogen (secondary N) is 1. The molecular weight excluding hydrogens is 188 g/mol. The fraction of sp³-hybridized carbons (Fsp3) is 0.714. The molecule has 0 saturated heterocycles. The highest BCUT2D eigenvalue weighted by Crippen LogP contribution is 2.33. The van der Waals surface area contributed by atoms with Crippen LogP contribution in [0.4, 0.5) is 5.95 Å². The molecule has 1 saturated carbocycles. The van der Waals surface area contributed by atoms with Crippen LogP contribution in [0.3, 0.4) is 0 Å². The van der Waals surface area contributed by atoms with Crippen molar-refractivity contribution in [2.24, 2.45) is 0 Å². The molecule has 0 aliphatic heterocycles. The average Bonchev–Trinajstić information content (AvgIpc) is 2.64. The van der Waals surface area contributed by atoms with Gasteiger partial charge in [0.1, 0.15) is 0 Å². The molecule has 1 aromatic heterocycles. The summed E-state index contributed by atoms with van der Waals surface area (Å²) in [5, 5.41) is 16.9. The first kappa shape index (κ1) is 8.83. The summed E-state index contributed by atoms with van der Waals surface area (Å²) in [5.74, 6) is 0.329. The molecule has 5 nitrogen and oxygen atoms in total. The minimum atomic E-state index is -0.218. The van der Waals surface area contributed by atoms with Crippen molar-refractivity contribution in [3.05, 3.63) is 0 Å². The maximum absolute atomic E-state index is 9.54. The molecular formula is C7H12N4OS. The van der Waals surface area contributed by atoms with Crippen LogP contribution >= 0.6 is 11.8 Å². The zero-order chi connectivity index (χ0) is 9.26. The summed E-state index contributed by atoms with van der Waals surface area (Å²) in [6.07, 6.45) is 2.78. The van der Waals surface area contributed by atoms with Gasteiger partial charge in [0.2, 0.25) is 11.1 Å². The highest BCUT2D eigenvalue weighted by molar-refractivity contribution is 7.99. The van der Waals surface area contributed by atoms with Crippen LogP contribution in [-0.4, -0.2) is 31.6 Å². The lowest BCUT2D eigenvalue weighted by Gasteiger charge is -2.10. The molecule has 13 heavy (non-hydrogen) atoms. The first-order valence-corrected chi connectivity index (χ1v) is 5.16. The molecule has 1 unspecified atom stereocenters. The van der Waals surface area contributed by atoms with Gasteiger partial charge in [-0.25, -0.2) is 5.10 Å². The molecule has 2 rings (SSSR count). The molecule has 1 aliphatic rings. The molecule has 72 valence electrons. The second kappa shape index (κ2) is 3.55. The highest BCUT2D eigenvalue weighted by atomic mass is 32.2. The lowest BCUT2D eigenvalue weighted by Crippen LogP contribution is -2.15. The Morgan fingerprint density at radius 3 is 2.92 bits per heavy atom. The monoisotopic (exact) mass is 200 g/mol. The number of H-pyrrole nitrogens is 1. The summed E-state index contributed by atoms with van der Waals surface area (Å²) in [7, 11) is 0. The van der Waals surface area contributed by atoms with Crippen molar-refractivity contribution in [3.8, 4) is 0 Å². The summed E-state index contributed by atoms with van der Waals surface area (Å²) in [5.41, 5.74) is 5.38. The fourth-order valence-corrected chi connectivity index (χ4v) is 2.59. The molecule has 2 atom stereocenters. The Morgan fingerprint density at radius 2 is 2.38 bits per heavy atom. The number of anilines is 1. The summed E-state index contributed by atoms with van der Waals surface area (Å²) in [6.45, 7) is 0. The first-order chi connectivity index (χ1) is 6.25. The van der Waals surface area contributed by atoms with Crippen molar-refractivity contribution in [2.45, 2.75) is 35.8 Å². The molecule has 0 radical (unpaired) electrons. The number of aromatic amines is 1. The van der Waals surface area contributed by atoms with E-state index in [0.29, 0.717) is 11.1 Å². The zero-order valence-electron chi connectivity index (χ0n) is 7.10. The third kappa shape index (κ3) is 1.94. The smallest absolute Gasteiger partial charge is 0.216 e. The van der Waals surface area contributed by atoms with Crippen molar-refractivity contribution in [2.75, 3.05) is 5.73 Å². The summed E-state index contributed by atoms with van der Waals surface area (Å²) in [6, 6.07) is 0. The predicted octanol–water partition coefficient (Wildman–Crippen LogP) is 0.392. The Kier molecular flexibility index (Phi) is 2.41. The van der Waals surface area contributed by atoms with E-state index in [-0.39, 0.29) is 11.4 Å². The summed E-state index contributed by atoms with van der Waals surface area (Å²) < 4.78 is 0. The second-order valence-corrected chi connectivity index (χ2v) is 4.36. The van der Waals surface area contributed by atoms with Crippen molar-refractivity contribution in [3.63, 3.8) is 0 Å². The Bertz CT molecular complexity index is 290. The van der Waals surface area contributed by atoms with Gasteiger partial charge < -0.3 is 10.8 Å². The number of nitrogen functional groups attached to an aromatic ring is 1. The number of rotatable bonds is 2. The third-order valence-corrected chi connectivity index (χ3v) is 3.40. The van der Waals surface area contributed by atoms with Crippen LogP contribution < -0.4 is 5.73 Å². The number of aliphatic hydroxyl groups is 1. The lowest BCUT2D eigenvalue weighted by atomic mass is 10.3. The van der Waals surface area contributed by atoms with E-state index in [2.05, 4.69) is 15.2 Å². The Morgan fingerprint density at radius 1 is 1.54 bits per heavy atom. The Hall–Kier alpha value is -0.750. The number of aromatic nitrogens is 3. The highest BCUT2D eigenvalue weighted by Gasteiger charge is 2.27. The van der Waals surface area contributed by atoms with Gasteiger partial charge in [-0.1, -0.05) is 11.8 Å². The van der Waals surface area contributed by atoms with Crippen LogP contribution in [0.1, 0.15) is 19.3 Å². The molecule has 1 heterocycles. The third-order valence-electron chi connectivity index (χ3n) is 2.16. The summed E-state index contributed by atoms with van der Waals surface area (Å²) in [4.78, 5) is 3.97. The number of hydrogen-bond donors (Lipinski definition) is 3. The molecule has 0 aromatic carbocycles. The van der Waals surface area contributed by atoms with E-state index in [0.717, 1.165) is 19.3 Å². The van der Waals surface area contributed by atoms with Crippen molar-refractivity contribution in [1.29, 1.82) is 0 Å². The number of aliphatic hydroxyl groups excluding tert-OH is 1. The second-order valence-electron chi connectivity index (χ2n) is 3.16. The standard InChI is InChI=1S/C7H12N4OS/c8-6-9-7(11-10-6)13-5-3-1-2-4(5)12/h4-5,12H,1-3H2,(H3,8,9,10,11)/t4?,5-/m1/s1. The van der Waals surface area contributed by atoms with Crippen LogP contribution in [0, 0.1) is 0 Å². The Balaban J connectivity index is 1.97. The minimum absolute atomic E-state index is 0.218. The molecule has 1 aliphatic carbocycles. The average molecular weight is 200 g/mol. The van der Waals surface area contributed by atoms with Gasteiger partial charge in [-0.15, -0.1) is 5.10 Å². The number of nitrogens with zero attached hydrogens (tertiary/aromatic N) is 2. The van der Waals surface area contributed by atoms with Crippen molar-refractivity contribution >= 4 is 17.7 Å². The van der Waals surface area contributed by atoms with Crippen LogP contribution in [0.15, 0.2) is 5.16 Å². The normalized spacial score (nSPS) is 28.1. The van der Waals surface area contributed by atoms with Gasteiger partial charge in [0.05, 0.1) is 6.10 Å². The van der Waals surface area contributed by atoms with Crippen LogP contribution in [0.25, 0.3) is 0 Å². The van der Waals surface area contributed by atoms with Gasteiger partial charge in [0.15, 0.2) is 0 Å². The maximum Gasteiger partial charge on any atom is 0.216 e. The van der Waals surface area contributed by atoms with Gasteiger partial charge >= 0.3 is 0 Å². The van der Waals surface area contributed by atoms with Gasteiger partial charge in [0, 0.05) is 5.25 Å². The van der Waals surface area contributed by atoms with Gasteiger partial charge in [-0.3, -0.25) is 0 Å². The van der Waals surface area contributed by atoms with Gasteiger partial charge in [-0.2, -0.15) is 4.98 Å². The quantitative estimate of drug-likeness (QED) is 0.643. The topological polar surface area (TPSA) is 87.8 Å². The molecule has 1 fully saturated rings. The van der Waals surface area contributed by atoms with Crippen molar-refractivity contribution in [1.82, 2.24) is 15.2 Å². The van der Waals surface area contributed by atoms with E-state index >= 15 is 0 Å².